The molecule has 16 heavy (non-hydrogen) atoms. The highest BCUT2D eigenvalue weighted by molar-refractivity contribution is 7.14. The Morgan fingerprint density at radius 1 is 1.38 bits per heavy atom. The number of hydrogen-bond acceptors (Lipinski definition) is 4. The van der Waals surface area contributed by atoms with E-state index in [4.69, 9.17) is 0 Å². The van der Waals surface area contributed by atoms with Crippen molar-refractivity contribution in [2.24, 2.45) is 0 Å². The summed E-state index contributed by atoms with van der Waals surface area (Å²) in [6, 6.07) is 3.79. The van der Waals surface area contributed by atoms with E-state index < -0.39 is 0 Å². The molecule has 0 saturated heterocycles. The molecule has 1 saturated carbocycles. The molecule has 1 aromatic heterocycles. The van der Waals surface area contributed by atoms with Gasteiger partial charge in [0.25, 0.3) is 0 Å². The smallest absolute Gasteiger partial charge is 0.348 e. The van der Waals surface area contributed by atoms with Crippen LogP contribution in [-0.4, -0.2) is 18.9 Å². The third-order valence-electron chi connectivity index (χ3n) is 2.96. The Morgan fingerprint density at radius 3 is 2.69 bits per heavy atom. The number of Topliss-reactive ketones (excluding diaryl/α,β-unsaturated/α-hetero) is 1. The number of ketones is 1. The number of rotatable bonds is 2. The molecular weight excluding hydrogens is 224 g/mol. The van der Waals surface area contributed by atoms with Gasteiger partial charge in [0, 0.05) is 17.7 Å². The molecule has 1 fully saturated rings. The quantitative estimate of drug-likeness (QED) is 0.744. The van der Waals surface area contributed by atoms with Crippen molar-refractivity contribution in [3.8, 4) is 0 Å². The number of hydrogen-bond donors (Lipinski definition) is 0. The van der Waals surface area contributed by atoms with Gasteiger partial charge >= 0.3 is 5.97 Å². The van der Waals surface area contributed by atoms with E-state index in [1.807, 2.05) is 12.1 Å². The number of ether oxygens (including phenoxy) is 1. The standard InChI is InChI=1S/C12H14O3S/c1-15-12(14)11-7-6-10(16-11)8-2-4-9(13)5-3-8/h6-8H,2-5H2,1H3. The number of thiophene rings is 1. The predicted molar refractivity (Wildman–Crippen MR) is 61.9 cm³/mol. The normalized spacial score (nSPS) is 17.4. The third-order valence-corrected chi connectivity index (χ3v) is 4.19. The van der Waals surface area contributed by atoms with Gasteiger partial charge in [-0.15, -0.1) is 11.3 Å². The van der Waals surface area contributed by atoms with Crippen LogP contribution in [0.25, 0.3) is 0 Å². The highest BCUT2D eigenvalue weighted by Gasteiger charge is 2.22. The van der Waals surface area contributed by atoms with E-state index in [9.17, 15) is 9.59 Å². The van der Waals surface area contributed by atoms with Crippen LogP contribution in [0.2, 0.25) is 0 Å². The average molecular weight is 238 g/mol. The maximum Gasteiger partial charge on any atom is 0.348 e. The van der Waals surface area contributed by atoms with Crippen molar-refractivity contribution < 1.29 is 14.3 Å². The fourth-order valence-corrected chi connectivity index (χ4v) is 3.10. The lowest BCUT2D eigenvalue weighted by molar-refractivity contribution is -0.120. The molecule has 4 heteroatoms. The van der Waals surface area contributed by atoms with E-state index in [-0.39, 0.29) is 5.97 Å². The SMILES string of the molecule is COC(=O)c1ccc(C2CCC(=O)CC2)s1. The van der Waals surface area contributed by atoms with E-state index in [2.05, 4.69) is 4.74 Å². The highest BCUT2D eigenvalue weighted by atomic mass is 32.1. The first-order valence-corrected chi connectivity index (χ1v) is 6.22. The Balaban J connectivity index is 2.07. The minimum Gasteiger partial charge on any atom is -0.465 e. The summed E-state index contributed by atoms with van der Waals surface area (Å²) < 4.78 is 4.67. The average Bonchev–Trinajstić information content (AvgIpc) is 2.78. The van der Waals surface area contributed by atoms with Gasteiger partial charge in [0.1, 0.15) is 10.7 Å². The molecule has 0 aromatic carbocycles. The summed E-state index contributed by atoms with van der Waals surface area (Å²) in [5.41, 5.74) is 0. The van der Waals surface area contributed by atoms with Crippen molar-refractivity contribution in [3.63, 3.8) is 0 Å². The van der Waals surface area contributed by atoms with Crippen LogP contribution in [0.5, 0.6) is 0 Å². The molecule has 1 aliphatic carbocycles. The van der Waals surface area contributed by atoms with Crippen LogP contribution in [0.1, 0.15) is 46.2 Å². The molecule has 2 rings (SSSR count). The zero-order valence-corrected chi connectivity index (χ0v) is 10.0. The van der Waals surface area contributed by atoms with Crippen molar-refractivity contribution in [1.82, 2.24) is 0 Å². The Labute approximate surface area is 98.4 Å². The van der Waals surface area contributed by atoms with Crippen LogP contribution in [0.4, 0.5) is 0 Å². The molecule has 0 atom stereocenters. The molecule has 0 unspecified atom stereocenters. The Bertz CT molecular complexity index is 398. The van der Waals surface area contributed by atoms with Gasteiger partial charge in [-0.2, -0.15) is 0 Å². The maximum absolute atomic E-state index is 11.3. The van der Waals surface area contributed by atoms with E-state index in [1.54, 1.807) is 0 Å². The van der Waals surface area contributed by atoms with E-state index >= 15 is 0 Å². The molecule has 86 valence electrons. The fourth-order valence-electron chi connectivity index (χ4n) is 2.01. The number of carbonyl (C=O) groups is 2. The van der Waals surface area contributed by atoms with Crippen LogP contribution in [-0.2, 0) is 9.53 Å². The second-order valence-electron chi connectivity index (χ2n) is 4.01. The number of methoxy groups -OCH3 is 1. The summed E-state index contributed by atoms with van der Waals surface area (Å²) in [7, 11) is 1.39. The van der Waals surface area contributed by atoms with Gasteiger partial charge in [-0.05, 0) is 30.9 Å². The summed E-state index contributed by atoms with van der Waals surface area (Å²) in [6.07, 6.45) is 3.19. The van der Waals surface area contributed by atoms with Crippen LogP contribution in [0.15, 0.2) is 12.1 Å². The summed E-state index contributed by atoms with van der Waals surface area (Å²) in [5.74, 6) is 0.533. The summed E-state index contributed by atoms with van der Waals surface area (Å²) in [4.78, 5) is 24.3. The molecule has 0 N–H and O–H groups in total. The van der Waals surface area contributed by atoms with Crippen molar-refractivity contribution in [1.29, 1.82) is 0 Å². The second-order valence-corrected chi connectivity index (χ2v) is 5.12. The predicted octanol–water partition coefficient (Wildman–Crippen LogP) is 2.76. The molecular formula is C12H14O3S. The maximum atomic E-state index is 11.3. The van der Waals surface area contributed by atoms with Gasteiger partial charge in [0.05, 0.1) is 7.11 Å². The Kier molecular flexibility index (Phi) is 3.39. The first-order chi connectivity index (χ1) is 7.70. The Hall–Kier alpha value is -1.16. The third kappa shape index (κ3) is 2.32. The zero-order valence-electron chi connectivity index (χ0n) is 9.19. The van der Waals surface area contributed by atoms with Crippen LogP contribution in [0, 0.1) is 0 Å². The minimum atomic E-state index is -0.275. The van der Waals surface area contributed by atoms with Crippen molar-refractivity contribution >= 4 is 23.1 Å². The van der Waals surface area contributed by atoms with Gasteiger partial charge in [-0.1, -0.05) is 0 Å². The van der Waals surface area contributed by atoms with Gasteiger partial charge in [-0.3, -0.25) is 4.79 Å². The van der Waals surface area contributed by atoms with Crippen molar-refractivity contribution in [2.45, 2.75) is 31.6 Å². The molecule has 3 nitrogen and oxygen atoms in total. The van der Waals surface area contributed by atoms with Gasteiger partial charge in [-0.25, -0.2) is 4.79 Å². The lowest BCUT2D eigenvalue weighted by Crippen LogP contribution is -2.11. The summed E-state index contributed by atoms with van der Waals surface area (Å²) >= 11 is 1.49. The molecule has 0 radical (unpaired) electrons. The first-order valence-electron chi connectivity index (χ1n) is 5.40. The van der Waals surface area contributed by atoms with E-state index in [0.717, 1.165) is 12.8 Å². The van der Waals surface area contributed by atoms with Gasteiger partial charge in [0.15, 0.2) is 0 Å². The van der Waals surface area contributed by atoms with Crippen molar-refractivity contribution in [3.05, 3.63) is 21.9 Å². The second kappa shape index (κ2) is 4.78. The fraction of sp³-hybridized carbons (Fsp3) is 0.500. The monoisotopic (exact) mass is 238 g/mol. The molecule has 1 aliphatic rings. The van der Waals surface area contributed by atoms with Gasteiger partial charge < -0.3 is 4.74 Å². The first kappa shape index (κ1) is 11.3. The summed E-state index contributed by atoms with van der Waals surface area (Å²) in [6.45, 7) is 0. The number of esters is 1. The zero-order chi connectivity index (χ0) is 11.5. The van der Waals surface area contributed by atoms with Crippen LogP contribution >= 0.6 is 11.3 Å². The summed E-state index contributed by atoms with van der Waals surface area (Å²) in [5, 5.41) is 0. The largest absolute Gasteiger partial charge is 0.465 e. The number of carbonyl (C=O) groups excluding carboxylic acids is 2. The van der Waals surface area contributed by atoms with Gasteiger partial charge in [0.2, 0.25) is 0 Å². The molecule has 1 heterocycles. The van der Waals surface area contributed by atoms with Crippen molar-refractivity contribution in [2.75, 3.05) is 7.11 Å². The minimum absolute atomic E-state index is 0.275. The van der Waals surface area contributed by atoms with Crippen LogP contribution in [0.3, 0.4) is 0 Å². The molecule has 0 spiro atoms. The lowest BCUT2D eigenvalue weighted by atomic mass is 9.87. The van der Waals surface area contributed by atoms with E-state index in [0.29, 0.717) is 29.4 Å². The van der Waals surface area contributed by atoms with Crippen LogP contribution < -0.4 is 0 Å². The molecule has 1 aromatic rings. The Morgan fingerprint density at radius 2 is 2.06 bits per heavy atom. The highest BCUT2D eigenvalue weighted by Crippen LogP contribution is 2.35. The lowest BCUT2D eigenvalue weighted by Gasteiger charge is -2.19. The molecule has 0 bridgehead atoms. The van der Waals surface area contributed by atoms with E-state index in [1.165, 1.54) is 23.3 Å². The molecule has 0 amide bonds. The topological polar surface area (TPSA) is 43.4 Å². The molecule has 0 aliphatic heterocycles.